The maximum atomic E-state index is 9.30. The lowest BCUT2D eigenvalue weighted by atomic mass is 10.3. The molecule has 5 heteroatoms. The average molecular weight is 218 g/mol. The summed E-state index contributed by atoms with van der Waals surface area (Å²) in [4.78, 5) is 14.5. The van der Waals surface area contributed by atoms with Crippen molar-refractivity contribution in [2.75, 3.05) is 18.5 Å². The van der Waals surface area contributed by atoms with E-state index in [4.69, 9.17) is 0 Å². The van der Waals surface area contributed by atoms with Crippen molar-refractivity contribution in [3.8, 4) is 0 Å². The molecule has 84 valence electrons. The average Bonchev–Trinajstić information content (AvgIpc) is 2.27. The van der Waals surface area contributed by atoms with Crippen molar-refractivity contribution >= 4 is 17.0 Å². The predicted molar refractivity (Wildman–Crippen MR) is 62.3 cm³/mol. The van der Waals surface area contributed by atoms with E-state index >= 15 is 0 Å². The SMILES string of the molecule is CC(O)CN(C)c1ccc2nccnc2n1. The van der Waals surface area contributed by atoms with E-state index in [1.54, 1.807) is 19.3 Å². The van der Waals surface area contributed by atoms with Crippen LogP contribution >= 0.6 is 0 Å². The Labute approximate surface area is 93.8 Å². The molecule has 0 spiro atoms. The van der Waals surface area contributed by atoms with Crippen LogP contribution in [0.5, 0.6) is 0 Å². The molecule has 1 unspecified atom stereocenters. The van der Waals surface area contributed by atoms with Crippen LogP contribution in [0.4, 0.5) is 5.82 Å². The molecular formula is C11H14N4O. The minimum Gasteiger partial charge on any atom is -0.392 e. The second-order valence-electron chi connectivity index (χ2n) is 3.80. The Bertz CT molecular complexity index is 486. The fourth-order valence-electron chi connectivity index (χ4n) is 1.55. The van der Waals surface area contributed by atoms with Gasteiger partial charge < -0.3 is 10.0 Å². The van der Waals surface area contributed by atoms with Crippen LogP contribution in [0.15, 0.2) is 24.5 Å². The number of aliphatic hydroxyl groups is 1. The molecule has 1 N–H and O–H groups in total. The van der Waals surface area contributed by atoms with Crippen LogP contribution in [0.2, 0.25) is 0 Å². The fourth-order valence-corrected chi connectivity index (χ4v) is 1.55. The first-order valence-corrected chi connectivity index (χ1v) is 5.14. The summed E-state index contributed by atoms with van der Waals surface area (Å²) in [6, 6.07) is 3.75. The Morgan fingerprint density at radius 2 is 2.06 bits per heavy atom. The first kappa shape index (κ1) is 10.8. The number of fused-ring (bicyclic) bond motifs is 1. The lowest BCUT2D eigenvalue weighted by Gasteiger charge is -2.19. The predicted octanol–water partition coefficient (Wildman–Crippen LogP) is 0.842. The van der Waals surface area contributed by atoms with Crippen molar-refractivity contribution in [3.05, 3.63) is 24.5 Å². The molecule has 0 fully saturated rings. The largest absolute Gasteiger partial charge is 0.392 e. The van der Waals surface area contributed by atoms with Crippen molar-refractivity contribution in [1.29, 1.82) is 0 Å². The normalized spacial score (nSPS) is 12.7. The van der Waals surface area contributed by atoms with Gasteiger partial charge in [-0.3, -0.25) is 4.98 Å². The van der Waals surface area contributed by atoms with Gasteiger partial charge in [-0.2, -0.15) is 0 Å². The third-order valence-corrected chi connectivity index (χ3v) is 2.25. The van der Waals surface area contributed by atoms with Crippen molar-refractivity contribution in [3.63, 3.8) is 0 Å². The van der Waals surface area contributed by atoms with Gasteiger partial charge in [0.25, 0.3) is 0 Å². The van der Waals surface area contributed by atoms with Crippen molar-refractivity contribution in [2.24, 2.45) is 0 Å². The van der Waals surface area contributed by atoms with Crippen LogP contribution in [0.3, 0.4) is 0 Å². The first-order chi connectivity index (χ1) is 7.66. The van der Waals surface area contributed by atoms with E-state index in [0.29, 0.717) is 12.2 Å². The summed E-state index contributed by atoms with van der Waals surface area (Å²) in [5.41, 5.74) is 1.40. The zero-order valence-electron chi connectivity index (χ0n) is 9.33. The van der Waals surface area contributed by atoms with Crippen LogP contribution in [0, 0.1) is 0 Å². The summed E-state index contributed by atoms with van der Waals surface area (Å²) in [7, 11) is 1.89. The Hall–Kier alpha value is -1.75. The molecule has 0 radical (unpaired) electrons. The Kier molecular flexibility index (Phi) is 2.96. The molecule has 2 heterocycles. The van der Waals surface area contributed by atoms with Gasteiger partial charge in [0.1, 0.15) is 11.3 Å². The first-order valence-electron chi connectivity index (χ1n) is 5.14. The third-order valence-electron chi connectivity index (χ3n) is 2.25. The fraction of sp³-hybridized carbons (Fsp3) is 0.364. The highest BCUT2D eigenvalue weighted by molar-refractivity contribution is 5.71. The summed E-state index contributed by atoms with van der Waals surface area (Å²) in [6.07, 6.45) is 2.88. The van der Waals surface area contributed by atoms with Gasteiger partial charge in [-0.15, -0.1) is 0 Å². The van der Waals surface area contributed by atoms with E-state index < -0.39 is 0 Å². The van der Waals surface area contributed by atoms with Crippen molar-refractivity contribution < 1.29 is 5.11 Å². The molecule has 0 aliphatic heterocycles. The highest BCUT2D eigenvalue weighted by atomic mass is 16.3. The maximum absolute atomic E-state index is 9.30. The topological polar surface area (TPSA) is 62.1 Å². The van der Waals surface area contributed by atoms with Crippen molar-refractivity contribution in [2.45, 2.75) is 13.0 Å². The van der Waals surface area contributed by atoms with Gasteiger partial charge in [0.2, 0.25) is 0 Å². The zero-order valence-corrected chi connectivity index (χ0v) is 9.33. The molecule has 2 rings (SSSR count). The standard InChI is InChI=1S/C11H14N4O/c1-8(16)7-15(2)10-4-3-9-11(14-10)13-6-5-12-9/h3-6,8,16H,7H2,1-2H3. The van der Waals surface area contributed by atoms with Crippen LogP contribution < -0.4 is 4.90 Å². The monoisotopic (exact) mass is 218 g/mol. The number of aliphatic hydroxyl groups excluding tert-OH is 1. The number of nitrogens with zero attached hydrogens (tertiary/aromatic N) is 4. The molecule has 0 amide bonds. The number of hydrogen-bond acceptors (Lipinski definition) is 5. The number of hydrogen-bond donors (Lipinski definition) is 1. The smallest absolute Gasteiger partial charge is 0.180 e. The Morgan fingerprint density at radius 1 is 1.31 bits per heavy atom. The van der Waals surface area contributed by atoms with Gasteiger partial charge >= 0.3 is 0 Å². The lowest BCUT2D eigenvalue weighted by Crippen LogP contribution is -2.27. The zero-order chi connectivity index (χ0) is 11.5. The van der Waals surface area contributed by atoms with E-state index in [1.807, 2.05) is 24.1 Å². The number of pyridine rings is 1. The second-order valence-corrected chi connectivity index (χ2v) is 3.80. The quantitative estimate of drug-likeness (QED) is 0.827. The van der Waals surface area contributed by atoms with E-state index in [-0.39, 0.29) is 6.10 Å². The van der Waals surface area contributed by atoms with Crippen LogP contribution in [-0.2, 0) is 0 Å². The summed E-state index contributed by atoms with van der Waals surface area (Å²) in [5, 5.41) is 9.30. The van der Waals surface area contributed by atoms with Gasteiger partial charge in [-0.05, 0) is 19.1 Å². The van der Waals surface area contributed by atoms with E-state index in [2.05, 4.69) is 15.0 Å². The van der Waals surface area contributed by atoms with E-state index in [1.165, 1.54) is 0 Å². The molecule has 5 nitrogen and oxygen atoms in total. The highest BCUT2D eigenvalue weighted by Crippen LogP contribution is 2.13. The van der Waals surface area contributed by atoms with Gasteiger partial charge in [0.15, 0.2) is 5.65 Å². The molecule has 0 bridgehead atoms. The third kappa shape index (κ3) is 2.25. The van der Waals surface area contributed by atoms with Crippen LogP contribution in [0.25, 0.3) is 11.2 Å². The Morgan fingerprint density at radius 3 is 2.81 bits per heavy atom. The minimum absolute atomic E-state index is 0.385. The molecule has 0 saturated carbocycles. The molecule has 16 heavy (non-hydrogen) atoms. The molecule has 1 atom stereocenters. The minimum atomic E-state index is -0.385. The second kappa shape index (κ2) is 4.40. The highest BCUT2D eigenvalue weighted by Gasteiger charge is 2.07. The number of aromatic nitrogens is 3. The van der Waals surface area contributed by atoms with Crippen LogP contribution in [0.1, 0.15) is 6.92 Å². The van der Waals surface area contributed by atoms with E-state index in [0.717, 1.165) is 11.3 Å². The van der Waals surface area contributed by atoms with Gasteiger partial charge in [-0.1, -0.05) is 0 Å². The Balaban J connectivity index is 2.32. The molecule has 0 saturated heterocycles. The van der Waals surface area contributed by atoms with Crippen LogP contribution in [-0.4, -0.2) is 39.8 Å². The molecular weight excluding hydrogens is 204 g/mol. The number of anilines is 1. The molecule has 0 aliphatic rings. The summed E-state index contributed by atoms with van der Waals surface area (Å²) >= 11 is 0. The van der Waals surface area contributed by atoms with Gasteiger partial charge in [-0.25, -0.2) is 9.97 Å². The molecule has 0 aliphatic carbocycles. The van der Waals surface area contributed by atoms with Gasteiger partial charge in [0, 0.05) is 26.0 Å². The van der Waals surface area contributed by atoms with Crippen molar-refractivity contribution in [1.82, 2.24) is 15.0 Å². The number of likely N-dealkylation sites (N-methyl/N-ethyl adjacent to an activating group) is 1. The maximum Gasteiger partial charge on any atom is 0.180 e. The number of rotatable bonds is 3. The van der Waals surface area contributed by atoms with Gasteiger partial charge in [0.05, 0.1) is 6.10 Å². The lowest BCUT2D eigenvalue weighted by molar-refractivity contribution is 0.201. The van der Waals surface area contributed by atoms with E-state index in [9.17, 15) is 5.11 Å². The molecule has 2 aromatic heterocycles. The molecule has 2 aromatic rings. The summed E-state index contributed by atoms with van der Waals surface area (Å²) in [5.74, 6) is 0.786. The summed E-state index contributed by atoms with van der Waals surface area (Å²) < 4.78 is 0. The molecule has 0 aromatic carbocycles. The summed E-state index contributed by atoms with van der Waals surface area (Å²) in [6.45, 7) is 2.29.